The van der Waals surface area contributed by atoms with Crippen LogP contribution >= 0.6 is 24.0 Å². The highest BCUT2D eigenvalue weighted by Gasteiger charge is 2.38. The molecule has 3 rings (SSSR count). The number of likely N-dealkylation sites (tertiary alicyclic amines) is 2. The van der Waals surface area contributed by atoms with Gasteiger partial charge in [-0.05, 0) is 59.3 Å². The normalized spacial score (nSPS) is 27.7. The molecule has 7 heteroatoms. The quantitative estimate of drug-likeness (QED) is 0.341. The van der Waals surface area contributed by atoms with E-state index in [9.17, 15) is 0 Å². The summed E-state index contributed by atoms with van der Waals surface area (Å²) in [4.78, 5) is 10.2. The number of hydrogen-bond acceptors (Lipinski definition) is 4. The van der Waals surface area contributed by atoms with E-state index < -0.39 is 0 Å². The zero-order chi connectivity index (χ0) is 20.0. The van der Waals surface area contributed by atoms with Crippen LogP contribution in [0.2, 0.25) is 0 Å². The van der Waals surface area contributed by atoms with Crippen LogP contribution in [0.3, 0.4) is 0 Å². The monoisotopic (exact) mass is 522 g/mol. The Hall–Kier alpha value is -0.120. The fraction of sp³-hybridized carbons (Fsp3) is 0.955. The molecule has 0 radical (unpaired) electrons. The Morgan fingerprint density at radius 2 is 1.93 bits per heavy atom. The lowest BCUT2D eigenvalue weighted by molar-refractivity contribution is -0.0371. The summed E-state index contributed by atoms with van der Waals surface area (Å²) in [6, 6.07) is 0. The number of hydrogen-bond donors (Lipinski definition) is 1. The Balaban J connectivity index is 0.00000300. The summed E-state index contributed by atoms with van der Waals surface area (Å²) in [6.45, 7) is 14.8. The second-order valence-corrected chi connectivity index (χ2v) is 9.59. The Kier molecular flexibility index (Phi) is 9.96. The van der Waals surface area contributed by atoms with Gasteiger partial charge in [0.15, 0.2) is 5.96 Å². The third-order valence-corrected chi connectivity index (χ3v) is 6.95. The maximum absolute atomic E-state index is 5.86. The number of piperidine rings is 2. The average Bonchev–Trinajstić information content (AvgIpc) is 2.72. The number of nitrogens with zero attached hydrogens (tertiary/aromatic N) is 3. The molecular formula is C22H43IN4O2. The van der Waals surface area contributed by atoms with E-state index in [1.54, 1.807) is 0 Å². The molecule has 0 aromatic carbocycles. The van der Waals surface area contributed by atoms with E-state index >= 15 is 0 Å². The zero-order valence-corrected chi connectivity index (χ0v) is 21.4. The molecule has 1 N–H and O–H groups in total. The Labute approximate surface area is 195 Å². The van der Waals surface area contributed by atoms with Gasteiger partial charge in [0.2, 0.25) is 0 Å². The lowest BCUT2D eigenvalue weighted by Crippen LogP contribution is -2.54. The summed E-state index contributed by atoms with van der Waals surface area (Å²) in [6.07, 6.45) is 7.70. The Morgan fingerprint density at radius 3 is 2.55 bits per heavy atom. The third-order valence-electron chi connectivity index (χ3n) is 6.95. The van der Waals surface area contributed by atoms with Crippen molar-refractivity contribution in [1.29, 1.82) is 0 Å². The van der Waals surface area contributed by atoms with E-state index in [1.165, 1.54) is 25.7 Å². The first-order valence-corrected chi connectivity index (χ1v) is 11.4. The second-order valence-electron chi connectivity index (χ2n) is 9.59. The van der Waals surface area contributed by atoms with Gasteiger partial charge in [-0.3, -0.25) is 9.89 Å². The van der Waals surface area contributed by atoms with Gasteiger partial charge in [-0.2, -0.15) is 0 Å². The number of rotatable bonds is 5. The summed E-state index contributed by atoms with van der Waals surface area (Å²) in [7, 11) is 1.83. The molecule has 1 unspecified atom stereocenters. The minimum Gasteiger partial charge on any atom is -0.381 e. The Bertz CT molecular complexity index is 509. The van der Waals surface area contributed by atoms with E-state index in [2.05, 4.69) is 35.9 Å². The van der Waals surface area contributed by atoms with Gasteiger partial charge in [0.1, 0.15) is 0 Å². The molecule has 3 fully saturated rings. The molecule has 3 aliphatic heterocycles. The molecule has 0 bridgehead atoms. The van der Waals surface area contributed by atoms with Gasteiger partial charge >= 0.3 is 0 Å². The van der Waals surface area contributed by atoms with Crippen LogP contribution in [0.5, 0.6) is 0 Å². The van der Waals surface area contributed by atoms with E-state index in [1.807, 2.05) is 7.11 Å². The third kappa shape index (κ3) is 6.68. The van der Waals surface area contributed by atoms with Crippen molar-refractivity contribution in [3.05, 3.63) is 0 Å². The number of methoxy groups -OCH3 is 1. The molecule has 3 saturated heterocycles. The maximum atomic E-state index is 5.86. The van der Waals surface area contributed by atoms with E-state index in [0.717, 1.165) is 71.3 Å². The summed E-state index contributed by atoms with van der Waals surface area (Å²) >= 11 is 0. The van der Waals surface area contributed by atoms with E-state index in [4.69, 9.17) is 14.5 Å². The highest BCUT2D eigenvalue weighted by atomic mass is 127. The van der Waals surface area contributed by atoms with Crippen molar-refractivity contribution < 1.29 is 9.47 Å². The molecule has 170 valence electrons. The lowest BCUT2D eigenvalue weighted by Gasteiger charge is -2.46. The predicted molar refractivity (Wildman–Crippen MR) is 130 cm³/mol. The highest BCUT2D eigenvalue weighted by molar-refractivity contribution is 14.0. The molecular weight excluding hydrogens is 479 g/mol. The minimum absolute atomic E-state index is 0. The fourth-order valence-corrected chi connectivity index (χ4v) is 5.11. The molecule has 0 aromatic rings. The van der Waals surface area contributed by atoms with Crippen LogP contribution in [0.1, 0.15) is 59.3 Å². The molecule has 0 aromatic heterocycles. The first-order valence-electron chi connectivity index (χ1n) is 11.4. The van der Waals surface area contributed by atoms with Gasteiger partial charge in [-0.1, -0.05) is 0 Å². The van der Waals surface area contributed by atoms with Crippen molar-refractivity contribution in [1.82, 2.24) is 15.1 Å². The van der Waals surface area contributed by atoms with Crippen molar-refractivity contribution in [2.75, 3.05) is 59.6 Å². The van der Waals surface area contributed by atoms with Crippen LogP contribution in [-0.4, -0.2) is 87.0 Å². The first-order chi connectivity index (χ1) is 13.5. The molecule has 0 amide bonds. The molecule has 29 heavy (non-hydrogen) atoms. The SMILES string of the molecule is CCNC(=NCC(C)(C)N1CCC(OC)CC1)N1CCCC2(CCCOC2)C1.I. The number of guanidine groups is 1. The van der Waals surface area contributed by atoms with E-state index in [-0.39, 0.29) is 29.5 Å². The smallest absolute Gasteiger partial charge is 0.194 e. The van der Waals surface area contributed by atoms with Gasteiger partial charge in [0.25, 0.3) is 0 Å². The predicted octanol–water partition coefficient (Wildman–Crippen LogP) is 3.35. The van der Waals surface area contributed by atoms with Crippen LogP contribution < -0.4 is 5.32 Å². The Morgan fingerprint density at radius 1 is 1.21 bits per heavy atom. The summed E-state index contributed by atoms with van der Waals surface area (Å²) < 4.78 is 11.4. The average molecular weight is 523 g/mol. The van der Waals surface area contributed by atoms with Gasteiger partial charge in [-0.25, -0.2) is 0 Å². The molecule has 1 atom stereocenters. The van der Waals surface area contributed by atoms with Gasteiger partial charge in [0.05, 0.1) is 19.3 Å². The molecule has 1 spiro atoms. The summed E-state index contributed by atoms with van der Waals surface area (Å²) in [5.74, 6) is 1.09. The molecule has 3 aliphatic rings. The van der Waals surface area contributed by atoms with Crippen molar-refractivity contribution in [3.8, 4) is 0 Å². The molecule has 3 heterocycles. The minimum atomic E-state index is 0. The zero-order valence-electron chi connectivity index (χ0n) is 19.0. The van der Waals surface area contributed by atoms with Gasteiger partial charge < -0.3 is 19.7 Å². The van der Waals surface area contributed by atoms with Crippen molar-refractivity contribution in [2.24, 2.45) is 10.4 Å². The van der Waals surface area contributed by atoms with E-state index in [0.29, 0.717) is 11.5 Å². The second kappa shape index (κ2) is 11.5. The fourth-order valence-electron chi connectivity index (χ4n) is 5.11. The number of nitrogens with one attached hydrogen (secondary N) is 1. The topological polar surface area (TPSA) is 49.3 Å². The maximum Gasteiger partial charge on any atom is 0.194 e. The van der Waals surface area contributed by atoms with Crippen LogP contribution in [-0.2, 0) is 9.47 Å². The van der Waals surface area contributed by atoms with Crippen LogP contribution in [0.15, 0.2) is 4.99 Å². The van der Waals surface area contributed by atoms with Gasteiger partial charge in [-0.15, -0.1) is 24.0 Å². The largest absolute Gasteiger partial charge is 0.381 e. The van der Waals surface area contributed by atoms with Crippen molar-refractivity contribution in [2.45, 2.75) is 70.9 Å². The number of halogens is 1. The van der Waals surface area contributed by atoms with Crippen molar-refractivity contribution >= 4 is 29.9 Å². The molecule has 0 aliphatic carbocycles. The van der Waals surface area contributed by atoms with Crippen LogP contribution in [0, 0.1) is 5.41 Å². The number of ether oxygens (including phenoxy) is 2. The first kappa shape index (κ1) is 25.1. The van der Waals surface area contributed by atoms with Gasteiger partial charge in [0, 0.05) is 57.4 Å². The summed E-state index contributed by atoms with van der Waals surface area (Å²) in [5, 5.41) is 3.56. The number of aliphatic imine (C=N–C) groups is 1. The highest BCUT2D eigenvalue weighted by Crippen LogP contribution is 2.37. The summed E-state index contributed by atoms with van der Waals surface area (Å²) in [5.41, 5.74) is 0.408. The van der Waals surface area contributed by atoms with Crippen molar-refractivity contribution in [3.63, 3.8) is 0 Å². The molecule has 0 saturated carbocycles. The lowest BCUT2D eigenvalue weighted by atomic mass is 9.76. The van der Waals surface area contributed by atoms with Crippen LogP contribution in [0.25, 0.3) is 0 Å². The molecule has 6 nitrogen and oxygen atoms in total. The standard InChI is InChI=1S/C22H42N4O2.HI/c1-5-23-20(25-12-6-10-22(17-25)11-7-15-28-18-22)24-16-21(2,3)26-13-8-19(27-4)9-14-26;/h19H,5-18H2,1-4H3,(H,23,24);1H. The van der Waals surface area contributed by atoms with Crippen LogP contribution in [0.4, 0.5) is 0 Å².